The van der Waals surface area contributed by atoms with Gasteiger partial charge in [0.2, 0.25) is 0 Å². The van der Waals surface area contributed by atoms with Gasteiger partial charge < -0.3 is 15.4 Å². The topological polar surface area (TPSA) is 76.1 Å². The molecule has 6 nitrogen and oxygen atoms in total. The van der Waals surface area contributed by atoms with Crippen molar-refractivity contribution in [2.75, 3.05) is 5.32 Å². The molecule has 4 rings (SSSR count). The Kier molecular flexibility index (Phi) is 5.77. The van der Waals surface area contributed by atoms with Gasteiger partial charge in [-0.3, -0.25) is 4.79 Å². The van der Waals surface area contributed by atoms with Crippen LogP contribution >= 0.6 is 22.9 Å². The average molecular weight is 439 g/mol. The second-order valence-corrected chi connectivity index (χ2v) is 8.09. The van der Waals surface area contributed by atoms with Crippen molar-refractivity contribution in [3.63, 3.8) is 0 Å². The van der Waals surface area contributed by atoms with E-state index in [1.165, 1.54) is 29.7 Å². The summed E-state index contributed by atoms with van der Waals surface area (Å²) >= 11 is 7.52. The van der Waals surface area contributed by atoms with Crippen molar-refractivity contribution < 1.29 is 18.3 Å². The number of halogens is 3. The second kappa shape index (κ2) is 8.46. The molecule has 152 valence electrons. The van der Waals surface area contributed by atoms with Crippen molar-refractivity contribution in [2.45, 2.75) is 38.0 Å². The number of hydrogen-bond donors (Lipinski definition) is 2. The Labute approximate surface area is 174 Å². The Bertz CT molecular complexity index is 1030. The fraction of sp³-hybridized carbons (Fsp3) is 0.316. The first-order valence-electron chi connectivity index (χ1n) is 9.03. The highest BCUT2D eigenvalue weighted by molar-refractivity contribution is 7.22. The smallest absolute Gasteiger partial charge is 0.387 e. The number of hydrogen-bond acceptors (Lipinski definition) is 6. The van der Waals surface area contributed by atoms with Crippen LogP contribution in [0, 0.1) is 0 Å². The Hall–Kier alpha value is -2.52. The number of anilines is 1. The number of alkyl halides is 2. The average Bonchev–Trinajstić information content (AvgIpc) is 3.27. The molecule has 2 aromatic heterocycles. The Morgan fingerprint density at radius 3 is 2.93 bits per heavy atom. The number of amides is 1. The van der Waals surface area contributed by atoms with E-state index in [0.717, 1.165) is 34.6 Å². The monoisotopic (exact) mass is 438 g/mol. The van der Waals surface area contributed by atoms with Gasteiger partial charge in [-0.15, -0.1) is 0 Å². The Balaban J connectivity index is 1.46. The van der Waals surface area contributed by atoms with Gasteiger partial charge in [-0.25, -0.2) is 9.97 Å². The van der Waals surface area contributed by atoms with Crippen LogP contribution in [0.2, 0.25) is 5.02 Å². The SMILES string of the molecule is O=C(NC1CCC[C@@H]1Nc1nc2ccc(Cl)cc2s1)c1ncccc1OC(F)F. The summed E-state index contributed by atoms with van der Waals surface area (Å²) in [6.45, 7) is -3.03. The lowest BCUT2D eigenvalue weighted by Gasteiger charge is -2.22. The number of aromatic nitrogens is 2. The Morgan fingerprint density at radius 1 is 1.28 bits per heavy atom. The number of rotatable bonds is 6. The summed E-state index contributed by atoms with van der Waals surface area (Å²) in [5.74, 6) is -0.790. The van der Waals surface area contributed by atoms with Crippen molar-refractivity contribution >= 4 is 44.2 Å². The van der Waals surface area contributed by atoms with E-state index in [1.807, 2.05) is 12.1 Å². The number of carbonyl (C=O) groups is 1. The maximum absolute atomic E-state index is 12.6. The van der Waals surface area contributed by atoms with Crippen LogP contribution in [0.4, 0.5) is 13.9 Å². The third-order valence-electron chi connectivity index (χ3n) is 4.69. The molecule has 0 spiro atoms. The quantitative estimate of drug-likeness (QED) is 0.583. The molecule has 1 saturated carbocycles. The summed E-state index contributed by atoms with van der Waals surface area (Å²) in [4.78, 5) is 21.1. The van der Waals surface area contributed by atoms with Crippen LogP contribution in [-0.2, 0) is 0 Å². The van der Waals surface area contributed by atoms with Gasteiger partial charge in [-0.05, 0) is 49.6 Å². The first-order valence-corrected chi connectivity index (χ1v) is 10.2. The molecule has 2 heterocycles. The van der Waals surface area contributed by atoms with Crippen molar-refractivity contribution in [3.05, 3.63) is 47.2 Å². The first kappa shape index (κ1) is 19.8. The van der Waals surface area contributed by atoms with Crippen LogP contribution in [0.5, 0.6) is 5.75 Å². The largest absolute Gasteiger partial charge is 0.432 e. The molecule has 29 heavy (non-hydrogen) atoms. The number of thiazole rings is 1. The van der Waals surface area contributed by atoms with Gasteiger partial charge in [0, 0.05) is 23.3 Å². The molecule has 0 bridgehead atoms. The van der Waals surface area contributed by atoms with Crippen molar-refractivity contribution in [3.8, 4) is 5.75 Å². The fourth-order valence-electron chi connectivity index (χ4n) is 3.41. The summed E-state index contributed by atoms with van der Waals surface area (Å²) in [6.07, 6.45) is 3.90. The van der Waals surface area contributed by atoms with E-state index in [9.17, 15) is 13.6 Å². The van der Waals surface area contributed by atoms with Crippen LogP contribution in [0.3, 0.4) is 0 Å². The predicted octanol–water partition coefficient (Wildman–Crippen LogP) is 4.71. The molecule has 1 amide bonds. The minimum absolute atomic E-state index is 0.0295. The molecule has 1 unspecified atom stereocenters. The van der Waals surface area contributed by atoms with Crippen LogP contribution < -0.4 is 15.4 Å². The number of fused-ring (bicyclic) bond motifs is 1. The van der Waals surface area contributed by atoms with E-state index in [1.54, 1.807) is 6.07 Å². The number of carbonyl (C=O) groups excluding carboxylic acids is 1. The number of pyridine rings is 1. The lowest BCUT2D eigenvalue weighted by atomic mass is 10.1. The minimum atomic E-state index is -3.03. The minimum Gasteiger partial charge on any atom is -0.432 e. The second-order valence-electron chi connectivity index (χ2n) is 6.62. The van der Waals surface area contributed by atoms with E-state index in [4.69, 9.17) is 11.6 Å². The van der Waals surface area contributed by atoms with Gasteiger partial charge in [0.15, 0.2) is 16.6 Å². The molecule has 0 saturated heterocycles. The zero-order chi connectivity index (χ0) is 20.4. The fourth-order valence-corrected chi connectivity index (χ4v) is 4.62. The van der Waals surface area contributed by atoms with Gasteiger partial charge in [0.1, 0.15) is 0 Å². The van der Waals surface area contributed by atoms with Gasteiger partial charge in [-0.1, -0.05) is 22.9 Å². The zero-order valence-corrected chi connectivity index (χ0v) is 16.6. The van der Waals surface area contributed by atoms with E-state index >= 15 is 0 Å². The first-order chi connectivity index (χ1) is 14.0. The van der Waals surface area contributed by atoms with Crippen LogP contribution in [0.1, 0.15) is 29.8 Å². The lowest BCUT2D eigenvalue weighted by molar-refractivity contribution is -0.0504. The number of ether oxygens (including phenoxy) is 1. The maximum atomic E-state index is 12.6. The van der Waals surface area contributed by atoms with Gasteiger partial charge >= 0.3 is 6.61 Å². The van der Waals surface area contributed by atoms with Crippen LogP contribution in [0.15, 0.2) is 36.5 Å². The lowest BCUT2D eigenvalue weighted by Crippen LogP contribution is -2.43. The van der Waals surface area contributed by atoms with Crippen molar-refractivity contribution in [2.24, 2.45) is 0 Å². The number of nitrogens with zero attached hydrogens (tertiary/aromatic N) is 2. The molecule has 1 fully saturated rings. The van der Waals surface area contributed by atoms with E-state index in [-0.39, 0.29) is 23.5 Å². The standard InChI is InChI=1S/C19H17ClF2N4O2S/c20-10-6-7-13-15(9-10)29-19(26-13)25-12-4-1-3-11(12)24-17(27)16-14(28-18(21)22)5-2-8-23-16/h2,5-9,11-12,18H,1,3-4H2,(H,24,27)(H,25,26)/t11?,12-/m0/s1. The molecular formula is C19H17ClF2N4O2S. The van der Waals surface area contributed by atoms with E-state index in [0.29, 0.717) is 5.02 Å². The highest BCUT2D eigenvalue weighted by atomic mass is 35.5. The highest BCUT2D eigenvalue weighted by Gasteiger charge is 2.30. The summed E-state index contributed by atoms with van der Waals surface area (Å²) in [6, 6.07) is 8.03. The summed E-state index contributed by atoms with van der Waals surface area (Å²) in [7, 11) is 0. The van der Waals surface area contributed by atoms with E-state index in [2.05, 4.69) is 25.3 Å². The predicted molar refractivity (Wildman–Crippen MR) is 108 cm³/mol. The van der Waals surface area contributed by atoms with Crippen LogP contribution in [0.25, 0.3) is 10.2 Å². The van der Waals surface area contributed by atoms with Gasteiger partial charge in [0.05, 0.1) is 10.2 Å². The van der Waals surface area contributed by atoms with Crippen LogP contribution in [-0.4, -0.2) is 34.6 Å². The molecule has 0 radical (unpaired) electrons. The summed E-state index contributed by atoms with van der Waals surface area (Å²) in [5.41, 5.74) is 0.691. The van der Waals surface area contributed by atoms with Gasteiger partial charge in [0.25, 0.3) is 5.91 Å². The Morgan fingerprint density at radius 2 is 2.10 bits per heavy atom. The third kappa shape index (κ3) is 4.56. The molecular weight excluding hydrogens is 422 g/mol. The molecule has 0 aliphatic heterocycles. The molecule has 10 heteroatoms. The molecule has 1 aliphatic carbocycles. The normalized spacial score (nSPS) is 18.9. The van der Waals surface area contributed by atoms with E-state index < -0.39 is 12.5 Å². The highest BCUT2D eigenvalue weighted by Crippen LogP contribution is 2.31. The zero-order valence-electron chi connectivity index (χ0n) is 15.1. The molecule has 1 aliphatic rings. The number of nitrogens with one attached hydrogen (secondary N) is 2. The third-order valence-corrected chi connectivity index (χ3v) is 5.88. The maximum Gasteiger partial charge on any atom is 0.387 e. The summed E-state index contributed by atoms with van der Waals surface area (Å²) in [5, 5.41) is 7.66. The van der Waals surface area contributed by atoms with Crippen molar-refractivity contribution in [1.29, 1.82) is 0 Å². The molecule has 2 atom stereocenters. The molecule has 1 aromatic carbocycles. The molecule has 3 aromatic rings. The molecule has 2 N–H and O–H groups in total. The number of benzene rings is 1. The summed E-state index contributed by atoms with van der Waals surface area (Å²) < 4.78 is 30.5. The van der Waals surface area contributed by atoms with Crippen molar-refractivity contribution in [1.82, 2.24) is 15.3 Å². The van der Waals surface area contributed by atoms with Gasteiger partial charge in [-0.2, -0.15) is 8.78 Å².